The third kappa shape index (κ3) is 7.59. The molecular weight excluding hydrogens is 378 g/mol. The van der Waals surface area contributed by atoms with Crippen LogP contribution in [0.5, 0.6) is 11.5 Å². The van der Waals surface area contributed by atoms with Crippen LogP contribution in [0.15, 0.2) is 53.5 Å². The third-order valence-electron chi connectivity index (χ3n) is 4.81. The molecule has 1 aliphatic carbocycles. The van der Waals surface area contributed by atoms with Crippen molar-refractivity contribution in [1.82, 2.24) is 10.6 Å². The van der Waals surface area contributed by atoms with Gasteiger partial charge in [0.1, 0.15) is 18.1 Å². The van der Waals surface area contributed by atoms with E-state index in [0.29, 0.717) is 26.3 Å². The number of rotatable bonds is 12. The Balaban J connectivity index is 1.56. The minimum atomic E-state index is 0.537. The summed E-state index contributed by atoms with van der Waals surface area (Å²) in [4.78, 5) is 4.72. The van der Waals surface area contributed by atoms with Gasteiger partial charge in [0.25, 0.3) is 0 Å². The molecule has 0 aromatic heterocycles. The molecule has 1 saturated carbocycles. The standard InChI is InChI=1S/C24H33N3O3/c1-3-25-24(26-16-20-7-6-9-22(15-20)29-14-13-28-2)27-17-21-8-4-5-10-23(21)30-18-19-11-12-19/h4-10,15,19H,3,11-14,16-18H2,1-2H3,(H2,25,26,27). The van der Waals surface area contributed by atoms with Crippen LogP contribution in [0.3, 0.4) is 0 Å². The van der Waals surface area contributed by atoms with Gasteiger partial charge in [-0.3, -0.25) is 0 Å². The number of guanidine groups is 1. The average Bonchev–Trinajstić information content (AvgIpc) is 3.60. The Morgan fingerprint density at radius 2 is 1.90 bits per heavy atom. The first-order chi connectivity index (χ1) is 14.8. The van der Waals surface area contributed by atoms with Crippen molar-refractivity contribution >= 4 is 5.96 Å². The van der Waals surface area contributed by atoms with Crippen LogP contribution in [0.25, 0.3) is 0 Å². The maximum absolute atomic E-state index is 6.01. The summed E-state index contributed by atoms with van der Waals surface area (Å²) >= 11 is 0. The highest BCUT2D eigenvalue weighted by Gasteiger charge is 2.22. The van der Waals surface area contributed by atoms with Gasteiger partial charge in [0.05, 0.1) is 19.8 Å². The number of hydrogen-bond donors (Lipinski definition) is 2. The second-order valence-electron chi connectivity index (χ2n) is 7.40. The summed E-state index contributed by atoms with van der Waals surface area (Å²) in [6.45, 7) is 6.01. The zero-order chi connectivity index (χ0) is 21.0. The van der Waals surface area contributed by atoms with Crippen molar-refractivity contribution in [2.45, 2.75) is 32.9 Å². The minimum absolute atomic E-state index is 0.537. The second kappa shape index (κ2) is 12.1. The number of nitrogens with zero attached hydrogens (tertiary/aromatic N) is 1. The molecule has 0 radical (unpaired) electrons. The van der Waals surface area contributed by atoms with E-state index < -0.39 is 0 Å². The maximum Gasteiger partial charge on any atom is 0.191 e. The molecule has 162 valence electrons. The molecule has 2 N–H and O–H groups in total. The number of methoxy groups -OCH3 is 1. The molecule has 1 fully saturated rings. The Morgan fingerprint density at radius 3 is 2.70 bits per heavy atom. The van der Waals surface area contributed by atoms with Crippen LogP contribution in [-0.2, 0) is 17.8 Å². The number of aliphatic imine (C=N–C) groups is 1. The van der Waals surface area contributed by atoms with E-state index in [9.17, 15) is 0 Å². The Morgan fingerprint density at radius 1 is 1.03 bits per heavy atom. The molecule has 2 aromatic rings. The van der Waals surface area contributed by atoms with Crippen molar-refractivity contribution in [1.29, 1.82) is 0 Å². The summed E-state index contributed by atoms with van der Waals surface area (Å²) in [6.07, 6.45) is 2.58. The first-order valence-corrected chi connectivity index (χ1v) is 10.7. The fourth-order valence-corrected chi connectivity index (χ4v) is 2.95. The van der Waals surface area contributed by atoms with Gasteiger partial charge in [-0.05, 0) is 49.4 Å². The maximum atomic E-state index is 6.01. The van der Waals surface area contributed by atoms with Crippen molar-refractivity contribution < 1.29 is 14.2 Å². The van der Waals surface area contributed by atoms with Crippen LogP contribution in [0.4, 0.5) is 0 Å². The van der Waals surface area contributed by atoms with Crippen LogP contribution in [0.2, 0.25) is 0 Å². The van der Waals surface area contributed by atoms with E-state index in [2.05, 4.69) is 29.7 Å². The highest BCUT2D eigenvalue weighted by Crippen LogP contribution is 2.30. The van der Waals surface area contributed by atoms with E-state index >= 15 is 0 Å². The molecule has 30 heavy (non-hydrogen) atoms. The van der Waals surface area contributed by atoms with Gasteiger partial charge in [0, 0.05) is 25.8 Å². The van der Waals surface area contributed by atoms with E-state index in [4.69, 9.17) is 19.2 Å². The van der Waals surface area contributed by atoms with Crippen molar-refractivity contribution in [2.75, 3.05) is 33.5 Å². The molecule has 0 amide bonds. The topological polar surface area (TPSA) is 64.1 Å². The zero-order valence-electron chi connectivity index (χ0n) is 18.0. The van der Waals surface area contributed by atoms with Crippen molar-refractivity contribution in [3.63, 3.8) is 0 Å². The highest BCUT2D eigenvalue weighted by atomic mass is 16.5. The monoisotopic (exact) mass is 411 g/mol. The van der Waals surface area contributed by atoms with Gasteiger partial charge < -0.3 is 24.8 Å². The largest absolute Gasteiger partial charge is 0.493 e. The summed E-state index contributed by atoms with van der Waals surface area (Å²) in [5, 5.41) is 6.73. The normalized spacial score (nSPS) is 13.7. The van der Waals surface area contributed by atoms with Crippen LogP contribution in [-0.4, -0.2) is 39.4 Å². The van der Waals surface area contributed by atoms with E-state index in [1.807, 2.05) is 36.4 Å². The number of para-hydroxylation sites is 1. The minimum Gasteiger partial charge on any atom is -0.493 e. The highest BCUT2D eigenvalue weighted by molar-refractivity contribution is 5.79. The van der Waals surface area contributed by atoms with Gasteiger partial charge in [0.15, 0.2) is 5.96 Å². The lowest BCUT2D eigenvalue weighted by Gasteiger charge is -2.15. The second-order valence-corrected chi connectivity index (χ2v) is 7.40. The Bertz CT molecular complexity index is 806. The van der Waals surface area contributed by atoms with E-state index in [-0.39, 0.29) is 0 Å². The summed E-state index contributed by atoms with van der Waals surface area (Å²) in [5.74, 6) is 3.30. The third-order valence-corrected chi connectivity index (χ3v) is 4.81. The van der Waals surface area contributed by atoms with Crippen molar-refractivity contribution in [3.05, 3.63) is 59.7 Å². The molecule has 0 atom stereocenters. The number of nitrogens with one attached hydrogen (secondary N) is 2. The van der Waals surface area contributed by atoms with Crippen LogP contribution >= 0.6 is 0 Å². The van der Waals surface area contributed by atoms with Crippen molar-refractivity contribution in [2.24, 2.45) is 10.9 Å². The van der Waals surface area contributed by atoms with E-state index in [1.165, 1.54) is 12.8 Å². The fourth-order valence-electron chi connectivity index (χ4n) is 2.95. The first kappa shape index (κ1) is 22.0. The zero-order valence-corrected chi connectivity index (χ0v) is 18.0. The van der Waals surface area contributed by atoms with Gasteiger partial charge in [-0.1, -0.05) is 30.3 Å². The predicted molar refractivity (Wildman–Crippen MR) is 120 cm³/mol. The summed E-state index contributed by atoms with van der Waals surface area (Å²) in [5.41, 5.74) is 2.23. The van der Waals surface area contributed by atoms with Crippen molar-refractivity contribution in [3.8, 4) is 11.5 Å². The molecule has 2 aromatic carbocycles. The lowest BCUT2D eigenvalue weighted by molar-refractivity contribution is 0.146. The van der Waals surface area contributed by atoms with Gasteiger partial charge >= 0.3 is 0 Å². The van der Waals surface area contributed by atoms with E-state index in [0.717, 1.165) is 47.7 Å². The molecule has 0 saturated heterocycles. The smallest absolute Gasteiger partial charge is 0.191 e. The fraction of sp³-hybridized carbons (Fsp3) is 0.458. The molecule has 1 aliphatic rings. The molecule has 0 unspecified atom stereocenters. The van der Waals surface area contributed by atoms with E-state index in [1.54, 1.807) is 7.11 Å². The first-order valence-electron chi connectivity index (χ1n) is 10.7. The summed E-state index contributed by atoms with van der Waals surface area (Å²) in [6, 6.07) is 16.2. The Kier molecular flexibility index (Phi) is 8.84. The van der Waals surface area contributed by atoms with Crippen LogP contribution in [0.1, 0.15) is 30.9 Å². The molecule has 0 bridgehead atoms. The molecular formula is C24H33N3O3. The summed E-state index contributed by atoms with van der Waals surface area (Å²) < 4.78 is 16.7. The van der Waals surface area contributed by atoms with Crippen LogP contribution in [0, 0.1) is 5.92 Å². The lowest BCUT2D eigenvalue weighted by atomic mass is 10.2. The molecule has 0 heterocycles. The summed E-state index contributed by atoms with van der Waals surface area (Å²) in [7, 11) is 1.67. The molecule has 6 nitrogen and oxygen atoms in total. The average molecular weight is 412 g/mol. The molecule has 0 spiro atoms. The number of hydrogen-bond acceptors (Lipinski definition) is 4. The Hall–Kier alpha value is -2.73. The quantitative estimate of drug-likeness (QED) is 0.316. The molecule has 0 aliphatic heterocycles. The van der Waals surface area contributed by atoms with Gasteiger partial charge in [-0.25, -0.2) is 4.99 Å². The Labute approximate surface area is 179 Å². The van der Waals surface area contributed by atoms with Gasteiger partial charge in [-0.15, -0.1) is 0 Å². The van der Waals surface area contributed by atoms with Gasteiger partial charge in [0.2, 0.25) is 0 Å². The van der Waals surface area contributed by atoms with Gasteiger partial charge in [-0.2, -0.15) is 0 Å². The lowest BCUT2D eigenvalue weighted by Crippen LogP contribution is -2.36. The number of ether oxygens (including phenoxy) is 3. The SMILES string of the molecule is CCNC(=NCc1cccc(OCCOC)c1)NCc1ccccc1OCC1CC1. The number of benzene rings is 2. The predicted octanol–water partition coefficient (Wildman–Crippen LogP) is 3.76. The molecule has 3 rings (SSSR count). The van der Waals surface area contributed by atoms with Crippen LogP contribution < -0.4 is 20.1 Å². The molecule has 6 heteroatoms.